The van der Waals surface area contributed by atoms with Gasteiger partial charge in [-0.1, -0.05) is 27.7 Å². The molecule has 0 saturated carbocycles. The predicted molar refractivity (Wildman–Crippen MR) is 86.0 cm³/mol. The van der Waals surface area contributed by atoms with E-state index in [2.05, 4.69) is 55.0 Å². The number of piperidine rings is 1. The first kappa shape index (κ1) is 15.3. The van der Waals surface area contributed by atoms with E-state index < -0.39 is 0 Å². The number of pyridine rings is 1. The third-order valence-corrected chi connectivity index (χ3v) is 4.33. The molecule has 2 heterocycles. The zero-order chi connectivity index (χ0) is 14.5. The molecule has 2 rings (SSSR count). The summed E-state index contributed by atoms with van der Waals surface area (Å²) in [7, 11) is 0. The van der Waals surface area contributed by atoms with E-state index in [1.807, 2.05) is 6.20 Å². The van der Waals surface area contributed by atoms with Crippen molar-refractivity contribution in [3.8, 4) is 0 Å². The first-order valence-corrected chi connectivity index (χ1v) is 7.99. The largest absolute Gasteiger partial charge is 0.357 e. The summed E-state index contributed by atoms with van der Waals surface area (Å²) < 4.78 is 0. The second-order valence-electron chi connectivity index (χ2n) is 6.63. The fraction of sp³-hybridized carbons (Fsp3) is 0.706. The molecule has 0 spiro atoms. The molecule has 0 bridgehead atoms. The lowest BCUT2D eigenvalue weighted by Gasteiger charge is -2.34. The van der Waals surface area contributed by atoms with E-state index >= 15 is 0 Å². The highest BCUT2D eigenvalue weighted by Crippen LogP contribution is 2.27. The molecule has 0 unspecified atom stereocenters. The zero-order valence-electron chi connectivity index (χ0n) is 13.4. The highest BCUT2D eigenvalue weighted by atomic mass is 15.2. The van der Waals surface area contributed by atoms with Gasteiger partial charge in [-0.25, -0.2) is 4.98 Å². The van der Waals surface area contributed by atoms with Gasteiger partial charge in [0.15, 0.2) is 0 Å². The second-order valence-corrected chi connectivity index (χ2v) is 6.63. The van der Waals surface area contributed by atoms with Crippen LogP contribution in [0, 0.1) is 11.8 Å². The molecule has 0 radical (unpaired) electrons. The van der Waals surface area contributed by atoms with Crippen molar-refractivity contribution < 1.29 is 0 Å². The lowest BCUT2D eigenvalue weighted by molar-refractivity contribution is 0.310. The van der Waals surface area contributed by atoms with Gasteiger partial charge in [-0.05, 0) is 42.4 Å². The normalized spacial score (nSPS) is 17.2. The van der Waals surface area contributed by atoms with Crippen LogP contribution in [0.3, 0.4) is 0 Å². The Morgan fingerprint density at radius 3 is 2.55 bits per heavy atom. The van der Waals surface area contributed by atoms with Crippen LogP contribution in [0.25, 0.3) is 0 Å². The summed E-state index contributed by atoms with van der Waals surface area (Å²) in [5.74, 6) is 2.85. The maximum absolute atomic E-state index is 4.56. The minimum absolute atomic E-state index is 0.522. The third kappa shape index (κ3) is 4.20. The molecule has 3 heteroatoms. The molecule has 0 amide bonds. The molecule has 1 aromatic rings. The minimum Gasteiger partial charge on any atom is -0.357 e. The number of aromatic nitrogens is 1. The lowest BCUT2D eigenvalue weighted by atomic mass is 9.87. The smallest absolute Gasteiger partial charge is 0.128 e. The van der Waals surface area contributed by atoms with Gasteiger partial charge in [-0.15, -0.1) is 0 Å². The Hall–Kier alpha value is -1.09. The maximum atomic E-state index is 4.56. The summed E-state index contributed by atoms with van der Waals surface area (Å²) in [6.07, 6.45) is 4.54. The van der Waals surface area contributed by atoms with Crippen LogP contribution in [0.2, 0.25) is 0 Å². The summed E-state index contributed by atoms with van der Waals surface area (Å²) in [5.41, 5.74) is 1.33. The molecule has 112 valence electrons. The summed E-state index contributed by atoms with van der Waals surface area (Å²) in [5, 5.41) is 3.47. The molecule has 1 aliphatic rings. The van der Waals surface area contributed by atoms with Crippen LogP contribution in [-0.4, -0.2) is 24.1 Å². The molecular formula is C17H29N3. The van der Waals surface area contributed by atoms with Gasteiger partial charge in [0.2, 0.25) is 0 Å². The molecule has 1 aliphatic heterocycles. The summed E-state index contributed by atoms with van der Waals surface area (Å²) >= 11 is 0. The molecule has 1 fully saturated rings. The van der Waals surface area contributed by atoms with Crippen LogP contribution in [0.1, 0.15) is 46.1 Å². The van der Waals surface area contributed by atoms with Crippen molar-refractivity contribution in [2.75, 3.05) is 18.0 Å². The van der Waals surface area contributed by atoms with Crippen molar-refractivity contribution in [1.29, 1.82) is 0 Å². The second kappa shape index (κ2) is 7.07. The fourth-order valence-corrected chi connectivity index (χ4v) is 2.86. The number of nitrogens with one attached hydrogen (secondary N) is 1. The average molecular weight is 275 g/mol. The van der Waals surface area contributed by atoms with Gasteiger partial charge in [0, 0.05) is 31.9 Å². The molecule has 1 saturated heterocycles. The SMILES string of the molecule is CC(C)NCc1ccnc(N2CCC(C(C)C)CC2)c1. The molecule has 0 aliphatic carbocycles. The zero-order valence-corrected chi connectivity index (χ0v) is 13.4. The van der Waals surface area contributed by atoms with Crippen LogP contribution in [-0.2, 0) is 6.54 Å². The number of hydrogen-bond acceptors (Lipinski definition) is 3. The number of nitrogens with zero attached hydrogens (tertiary/aromatic N) is 2. The topological polar surface area (TPSA) is 28.2 Å². The first-order valence-electron chi connectivity index (χ1n) is 7.99. The average Bonchev–Trinajstić information content (AvgIpc) is 2.45. The van der Waals surface area contributed by atoms with E-state index in [9.17, 15) is 0 Å². The third-order valence-electron chi connectivity index (χ3n) is 4.33. The lowest BCUT2D eigenvalue weighted by Crippen LogP contribution is -2.35. The Bertz CT molecular complexity index is 406. The van der Waals surface area contributed by atoms with Crippen LogP contribution in [0.4, 0.5) is 5.82 Å². The molecular weight excluding hydrogens is 246 g/mol. The number of hydrogen-bond donors (Lipinski definition) is 1. The standard InChI is InChI=1S/C17H29N3/c1-13(2)16-6-9-20(10-7-16)17-11-15(5-8-18-17)12-19-14(3)4/h5,8,11,13-14,16,19H,6-7,9-10,12H2,1-4H3. The van der Waals surface area contributed by atoms with Gasteiger partial charge in [-0.3, -0.25) is 0 Å². The first-order chi connectivity index (χ1) is 9.56. The Morgan fingerprint density at radius 2 is 1.95 bits per heavy atom. The van der Waals surface area contributed by atoms with Gasteiger partial charge in [0.05, 0.1) is 0 Å². The molecule has 0 atom stereocenters. The van der Waals surface area contributed by atoms with Gasteiger partial charge >= 0.3 is 0 Å². The van der Waals surface area contributed by atoms with E-state index in [0.717, 1.165) is 37.3 Å². The van der Waals surface area contributed by atoms with Crippen molar-refractivity contribution in [2.45, 2.75) is 53.1 Å². The van der Waals surface area contributed by atoms with Crippen molar-refractivity contribution in [2.24, 2.45) is 11.8 Å². The van der Waals surface area contributed by atoms with E-state index in [-0.39, 0.29) is 0 Å². The molecule has 1 aromatic heterocycles. The molecule has 1 N–H and O–H groups in total. The van der Waals surface area contributed by atoms with E-state index in [1.165, 1.54) is 18.4 Å². The summed E-state index contributed by atoms with van der Waals surface area (Å²) in [6, 6.07) is 4.87. The molecule has 0 aromatic carbocycles. The van der Waals surface area contributed by atoms with E-state index in [4.69, 9.17) is 0 Å². The van der Waals surface area contributed by atoms with Gasteiger partial charge in [0.1, 0.15) is 5.82 Å². The Kier molecular flexibility index (Phi) is 5.41. The Labute approximate surface area is 123 Å². The maximum Gasteiger partial charge on any atom is 0.128 e. The highest BCUT2D eigenvalue weighted by Gasteiger charge is 2.22. The van der Waals surface area contributed by atoms with Crippen LogP contribution in [0.15, 0.2) is 18.3 Å². The highest BCUT2D eigenvalue weighted by molar-refractivity contribution is 5.41. The van der Waals surface area contributed by atoms with Crippen LogP contribution >= 0.6 is 0 Å². The molecule has 20 heavy (non-hydrogen) atoms. The van der Waals surface area contributed by atoms with Crippen molar-refractivity contribution in [3.05, 3.63) is 23.9 Å². The molecule has 3 nitrogen and oxygen atoms in total. The minimum atomic E-state index is 0.522. The van der Waals surface area contributed by atoms with Gasteiger partial charge in [-0.2, -0.15) is 0 Å². The van der Waals surface area contributed by atoms with E-state index in [1.54, 1.807) is 0 Å². The van der Waals surface area contributed by atoms with Crippen molar-refractivity contribution in [1.82, 2.24) is 10.3 Å². The number of anilines is 1. The van der Waals surface area contributed by atoms with Gasteiger partial charge in [0.25, 0.3) is 0 Å². The van der Waals surface area contributed by atoms with Crippen LogP contribution < -0.4 is 10.2 Å². The summed E-state index contributed by atoms with van der Waals surface area (Å²) in [4.78, 5) is 7.00. The Morgan fingerprint density at radius 1 is 1.25 bits per heavy atom. The predicted octanol–water partition coefficient (Wildman–Crippen LogP) is 3.45. The quantitative estimate of drug-likeness (QED) is 0.892. The van der Waals surface area contributed by atoms with E-state index in [0.29, 0.717) is 6.04 Å². The monoisotopic (exact) mass is 275 g/mol. The van der Waals surface area contributed by atoms with Gasteiger partial charge < -0.3 is 10.2 Å². The Balaban J connectivity index is 1.94. The van der Waals surface area contributed by atoms with Crippen LogP contribution in [0.5, 0.6) is 0 Å². The summed E-state index contributed by atoms with van der Waals surface area (Å²) in [6.45, 7) is 12.3. The van der Waals surface area contributed by atoms with Crippen molar-refractivity contribution >= 4 is 5.82 Å². The van der Waals surface area contributed by atoms with Crippen molar-refractivity contribution in [3.63, 3.8) is 0 Å². The number of rotatable bonds is 5. The fourth-order valence-electron chi connectivity index (χ4n) is 2.86.